The monoisotopic (exact) mass is 243 g/mol. The quantitative estimate of drug-likeness (QED) is 0.868. The van der Waals surface area contributed by atoms with Gasteiger partial charge in [-0.3, -0.25) is 0 Å². The van der Waals surface area contributed by atoms with Gasteiger partial charge in [0.2, 0.25) is 0 Å². The van der Waals surface area contributed by atoms with E-state index in [9.17, 15) is 5.11 Å². The Balaban J connectivity index is 2.05. The summed E-state index contributed by atoms with van der Waals surface area (Å²) in [7, 11) is 0. The van der Waals surface area contributed by atoms with Crippen molar-refractivity contribution in [3.05, 3.63) is 59.7 Å². The van der Waals surface area contributed by atoms with E-state index < -0.39 is 0 Å². The second-order valence-corrected chi connectivity index (χ2v) is 4.28. The molecule has 0 spiro atoms. The van der Waals surface area contributed by atoms with Gasteiger partial charge in [0, 0.05) is 17.7 Å². The second kappa shape index (κ2) is 5.56. The van der Waals surface area contributed by atoms with Gasteiger partial charge in [-0.25, -0.2) is 0 Å². The highest BCUT2D eigenvalue weighted by molar-refractivity contribution is 5.41. The molecule has 0 aliphatic heterocycles. The lowest BCUT2D eigenvalue weighted by Gasteiger charge is -2.11. The molecular weight excluding hydrogens is 226 g/mol. The minimum atomic E-state index is -0.187. The predicted molar refractivity (Wildman–Crippen MR) is 71.5 cm³/mol. The van der Waals surface area contributed by atoms with Crippen LogP contribution in [0.3, 0.4) is 0 Å². The number of phenols is 1. The number of hydrogen-bond donors (Lipinski definition) is 2. The van der Waals surface area contributed by atoms with Crippen LogP contribution in [0.15, 0.2) is 48.5 Å². The van der Waals surface area contributed by atoms with Crippen LogP contribution in [0.2, 0.25) is 0 Å². The Morgan fingerprint density at radius 2 is 1.89 bits per heavy atom. The Hall–Kier alpha value is -2.00. The Morgan fingerprint density at radius 1 is 1.17 bits per heavy atom. The zero-order valence-corrected chi connectivity index (χ0v) is 10.3. The van der Waals surface area contributed by atoms with Crippen LogP contribution < -0.4 is 10.5 Å². The standard InChI is InChI=1S/C15H17NO2/c1-11(16)14-8-7-13(9-15(14)17)18-10-12-5-3-2-4-6-12/h2-9,11,17H,10,16H2,1H3/t11-/m1/s1. The van der Waals surface area contributed by atoms with Crippen molar-refractivity contribution < 1.29 is 9.84 Å². The Bertz CT molecular complexity index is 509. The van der Waals surface area contributed by atoms with Gasteiger partial charge in [0.15, 0.2) is 0 Å². The Morgan fingerprint density at radius 3 is 2.50 bits per heavy atom. The third-order valence-electron chi connectivity index (χ3n) is 2.74. The van der Waals surface area contributed by atoms with Crippen molar-refractivity contribution in [2.24, 2.45) is 5.73 Å². The molecule has 0 unspecified atom stereocenters. The van der Waals surface area contributed by atoms with Crippen LogP contribution in [-0.4, -0.2) is 5.11 Å². The molecule has 0 aliphatic rings. The van der Waals surface area contributed by atoms with E-state index in [2.05, 4.69) is 0 Å². The molecule has 1 atom stereocenters. The fraction of sp³-hybridized carbons (Fsp3) is 0.200. The van der Waals surface area contributed by atoms with Crippen molar-refractivity contribution in [3.8, 4) is 11.5 Å². The first-order chi connectivity index (χ1) is 8.66. The summed E-state index contributed by atoms with van der Waals surface area (Å²) in [6.07, 6.45) is 0. The fourth-order valence-corrected chi connectivity index (χ4v) is 1.74. The lowest BCUT2D eigenvalue weighted by molar-refractivity contribution is 0.304. The molecule has 2 aromatic carbocycles. The van der Waals surface area contributed by atoms with E-state index in [1.807, 2.05) is 43.3 Å². The molecule has 2 aromatic rings. The molecule has 0 aliphatic carbocycles. The molecule has 0 heterocycles. The summed E-state index contributed by atoms with van der Waals surface area (Å²) in [6.45, 7) is 2.32. The molecule has 0 fully saturated rings. The van der Waals surface area contributed by atoms with Gasteiger partial charge >= 0.3 is 0 Å². The lowest BCUT2D eigenvalue weighted by Crippen LogP contribution is -2.05. The van der Waals surface area contributed by atoms with E-state index in [1.165, 1.54) is 0 Å². The van der Waals surface area contributed by atoms with Crippen LogP contribution in [0.1, 0.15) is 24.1 Å². The summed E-state index contributed by atoms with van der Waals surface area (Å²) < 4.78 is 5.61. The first-order valence-corrected chi connectivity index (χ1v) is 5.92. The van der Waals surface area contributed by atoms with Crippen molar-refractivity contribution in [2.75, 3.05) is 0 Å². The predicted octanol–water partition coefficient (Wildman–Crippen LogP) is 2.99. The smallest absolute Gasteiger partial charge is 0.124 e. The van der Waals surface area contributed by atoms with E-state index >= 15 is 0 Å². The van der Waals surface area contributed by atoms with Gasteiger partial charge < -0.3 is 15.6 Å². The van der Waals surface area contributed by atoms with Gasteiger partial charge in [-0.05, 0) is 18.6 Å². The molecule has 18 heavy (non-hydrogen) atoms. The number of hydrogen-bond acceptors (Lipinski definition) is 3. The van der Waals surface area contributed by atoms with E-state index in [0.29, 0.717) is 12.4 Å². The minimum Gasteiger partial charge on any atom is -0.507 e. The van der Waals surface area contributed by atoms with Crippen molar-refractivity contribution in [1.29, 1.82) is 0 Å². The van der Waals surface area contributed by atoms with Crippen molar-refractivity contribution in [2.45, 2.75) is 19.6 Å². The first-order valence-electron chi connectivity index (χ1n) is 5.92. The molecule has 0 aromatic heterocycles. The molecule has 3 N–H and O–H groups in total. The molecule has 0 radical (unpaired) electrons. The molecule has 94 valence electrons. The van der Waals surface area contributed by atoms with Crippen LogP contribution in [0, 0.1) is 0 Å². The average Bonchev–Trinajstić information content (AvgIpc) is 2.37. The van der Waals surface area contributed by atoms with Crippen molar-refractivity contribution >= 4 is 0 Å². The van der Waals surface area contributed by atoms with Gasteiger partial charge in [-0.1, -0.05) is 36.4 Å². The SMILES string of the molecule is C[C@@H](N)c1ccc(OCc2ccccc2)cc1O. The Labute approximate surface area is 107 Å². The zero-order valence-electron chi connectivity index (χ0n) is 10.3. The first kappa shape index (κ1) is 12.5. The molecule has 0 saturated carbocycles. The molecular formula is C15H17NO2. The van der Waals surface area contributed by atoms with E-state index in [1.54, 1.807) is 12.1 Å². The number of phenolic OH excluding ortho intramolecular Hbond substituents is 1. The minimum absolute atomic E-state index is 0.176. The van der Waals surface area contributed by atoms with Gasteiger partial charge in [0.05, 0.1) is 0 Å². The number of rotatable bonds is 4. The topological polar surface area (TPSA) is 55.5 Å². The maximum Gasteiger partial charge on any atom is 0.124 e. The second-order valence-electron chi connectivity index (χ2n) is 4.28. The van der Waals surface area contributed by atoms with Crippen molar-refractivity contribution in [1.82, 2.24) is 0 Å². The number of benzene rings is 2. The highest BCUT2D eigenvalue weighted by Crippen LogP contribution is 2.27. The molecule has 2 rings (SSSR count). The summed E-state index contributed by atoms with van der Waals surface area (Å²) in [5, 5.41) is 9.80. The molecule has 0 saturated heterocycles. The fourth-order valence-electron chi connectivity index (χ4n) is 1.74. The van der Waals surface area contributed by atoms with E-state index in [-0.39, 0.29) is 11.8 Å². The summed E-state index contributed by atoms with van der Waals surface area (Å²) >= 11 is 0. The maximum atomic E-state index is 9.80. The normalized spacial score (nSPS) is 12.1. The zero-order chi connectivity index (χ0) is 13.0. The van der Waals surface area contributed by atoms with Gasteiger partial charge in [-0.15, -0.1) is 0 Å². The Kier molecular flexibility index (Phi) is 3.85. The molecule has 3 heteroatoms. The lowest BCUT2D eigenvalue weighted by atomic mass is 10.1. The van der Waals surface area contributed by atoms with E-state index in [4.69, 9.17) is 10.5 Å². The van der Waals surface area contributed by atoms with Gasteiger partial charge in [0.1, 0.15) is 18.1 Å². The summed E-state index contributed by atoms with van der Waals surface area (Å²) in [5.41, 5.74) is 7.54. The van der Waals surface area contributed by atoms with Crippen LogP contribution in [0.5, 0.6) is 11.5 Å². The van der Waals surface area contributed by atoms with E-state index in [0.717, 1.165) is 11.1 Å². The summed E-state index contributed by atoms with van der Waals surface area (Å²) in [6, 6.07) is 14.9. The number of aromatic hydroxyl groups is 1. The van der Waals surface area contributed by atoms with Gasteiger partial charge in [0.25, 0.3) is 0 Å². The highest BCUT2D eigenvalue weighted by Gasteiger charge is 2.07. The highest BCUT2D eigenvalue weighted by atomic mass is 16.5. The third kappa shape index (κ3) is 3.02. The van der Waals surface area contributed by atoms with Crippen molar-refractivity contribution in [3.63, 3.8) is 0 Å². The van der Waals surface area contributed by atoms with Gasteiger partial charge in [-0.2, -0.15) is 0 Å². The largest absolute Gasteiger partial charge is 0.507 e. The van der Waals surface area contributed by atoms with Crippen LogP contribution in [0.4, 0.5) is 0 Å². The summed E-state index contributed by atoms with van der Waals surface area (Å²) in [5.74, 6) is 0.816. The molecule has 0 amide bonds. The average molecular weight is 243 g/mol. The number of nitrogens with two attached hydrogens (primary N) is 1. The summed E-state index contributed by atoms with van der Waals surface area (Å²) in [4.78, 5) is 0. The molecule has 3 nitrogen and oxygen atoms in total. The number of ether oxygens (including phenoxy) is 1. The molecule has 0 bridgehead atoms. The maximum absolute atomic E-state index is 9.80. The van der Waals surface area contributed by atoms with Crippen LogP contribution in [0.25, 0.3) is 0 Å². The van der Waals surface area contributed by atoms with Crippen LogP contribution >= 0.6 is 0 Å². The van der Waals surface area contributed by atoms with Crippen LogP contribution in [-0.2, 0) is 6.61 Å². The third-order valence-corrected chi connectivity index (χ3v) is 2.74.